The van der Waals surface area contributed by atoms with Gasteiger partial charge in [-0.2, -0.15) is 0 Å². The molecule has 6 rings (SSSR count). The van der Waals surface area contributed by atoms with Crippen molar-refractivity contribution in [3.63, 3.8) is 0 Å². The van der Waals surface area contributed by atoms with Crippen LogP contribution in [-0.4, -0.2) is 4.98 Å². The van der Waals surface area contributed by atoms with E-state index >= 15 is 0 Å². The summed E-state index contributed by atoms with van der Waals surface area (Å²) in [6, 6.07) is 34.0. The van der Waals surface area contributed by atoms with Crippen LogP contribution in [0.15, 0.2) is 167 Å². The molecule has 252 valence electrons. The Balaban J connectivity index is 1.47. The number of aromatic nitrogens is 1. The molecule has 1 heterocycles. The zero-order valence-corrected chi connectivity index (χ0v) is 30.1. The summed E-state index contributed by atoms with van der Waals surface area (Å²) in [5.74, 6) is 0. The second-order valence-corrected chi connectivity index (χ2v) is 12.6. The molecule has 0 unspecified atom stereocenters. The van der Waals surface area contributed by atoms with Gasteiger partial charge in [0, 0.05) is 17.3 Å². The van der Waals surface area contributed by atoms with E-state index in [1.807, 2.05) is 67.8 Å². The Bertz CT molecular complexity index is 2440. The quantitative estimate of drug-likeness (QED) is 0.118. The van der Waals surface area contributed by atoms with E-state index in [0.29, 0.717) is 0 Å². The summed E-state index contributed by atoms with van der Waals surface area (Å²) in [7, 11) is 0. The molecule has 0 amide bonds. The smallest absolute Gasteiger partial charge is 0.0708 e. The molecule has 1 nitrogen and oxygen atoms in total. The predicted octanol–water partition coefficient (Wildman–Crippen LogP) is 14.7. The van der Waals surface area contributed by atoms with Crippen LogP contribution in [-0.2, 0) is 0 Å². The number of nitrogens with zero attached hydrogens (tertiary/aromatic N) is 1. The second kappa shape index (κ2) is 15.5. The van der Waals surface area contributed by atoms with Crippen LogP contribution in [0.1, 0.15) is 47.2 Å². The minimum Gasteiger partial charge on any atom is -0.256 e. The Labute approximate surface area is 309 Å². The maximum absolute atomic E-state index is 4.85. The number of hydrogen-bond acceptors (Lipinski definition) is 1. The molecule has 0 bridgehead atoms. The molecule has 0 radical (unpaired) electrons. The lowest BCUT2D eigenvalue weighted by molar-refractivity contribution is 1.32. The van der Waals surface area contributed by atoms with Gasteiger partial charge >= 0.3 is 0 Å². The van der Waals surface area contributed by atoms with Crippen molar-refractivity contribution < 1.29 is 0 Å². The van der Waals surface area contributed by atoms with Gasteiger partial charge in [0.05, 0.1) is 5.69 Å². The van der Waals surface area contributed by atoms with Gasteiger partial charge in [0.1, 0.15) is 0 Å². The third kappa shape index (κ3) is 6.41. The van der Waals surface area contributed by atoms with Crippen LogP contribution in [0.4, 0.5) is 0 Å². The van der Waals surface area contributed by atoms with Crippen molar-refractivity contribution in [3.8, 4) is 44.6 Å². The van der Waals surface area contributed by atoms with E-state index in [1.54, 1.807) is 0 Å². The van der Waals surface area contributed by atoms with Gasteiger partial charge in [-0.3, -0.25) is 4.98 Å². The molecule has 0 fully saturated rings. The minimum atomic E-state index is 0.896. The number of allylic oxidation sites excluding steroid dienone is 5. The lowest BCUT2D eigenvalue weighted by Gasteiger charge is -2.22. The monoisotopic (exact) mass is 669 g/mol. The summed E-state index contributed by atoms with van der Waals surface area (Å²) < 4.78 is 0. The summed E-state index contributed by atoms with van der Waals surface area (Å²) in [5.41, 5.74) is 16.7. The minimum absolute atomic E-state index is 0.896. The number of rotatable bonds is 12. The Morgan fingerprint density at radius 1 is 0.558 bits per heavy atom. The summed E-state index contributed by atoms with van der Waals surface area (Å²) in [6.45, 7) is 29.4. The van der Waals surface area contributed by atoms with Gasteiger partial charge < -0.3 is 0 Å². The van der Waals surface area contributed by atoms with Crippen molar-refractivity contribution >= 4 is 46.7 Å². The molecule has 0 saturated heterocycles. The molecule has 0 N–H and O–H groups in total. The normalized spacial score (nSPS) is 11.4. The summed E-state index contributed by atoms with van der Waals surface area (Å²) in [5, 5.41) is 2.27. The third-order valence-corrected chi connectivity index (χ3v) is 9.73. The van der Waals surface area contributed by atoms with Gasteiger partial charge in [-0.05, 0) is 103 Å². The standard InChI is InChI=1S/C51H43N/c1-9-15-20-34(7)35(8)44-24-19-26-46(41(44)12-4)51-43(14-6)42(13-5)50(47-22-16-17-23-48(47)51)38-29-27-37(28-30-38)39-31-32-49(52-33-39)45-25-18-21-36(10-2)40(45)11-3/h9-33H,2-6,8H2,1,7H3/b15-9-,34-20+. The Morgan fingerprint density at radius 3 is 1.77 bits per heavy atom. The summed E-state index contributed by atoms with van der Waals surface area (Å²) in [6.07, 6.45) is 17.7. The number of hydrogen-bond donors (Lipinski definition) is 0. The average Bonchev–Trinajstić information content (AvgIpc) is 3.20. The molecule has 0 aliphatic heterocycles. The van der Waals surface area contributed by atoms with E-state index in [9.17, 15) is 0 Å². The average molecular weight is 670 g/mol. The summed E-state index contributed by atoms with van der Waals surface area (Å²) >= 11 is 0. The number of fused-ring (bicyclic) bond motifs is 1. The van der Waals surface area contributed by atoms with Crippen molar-refractivity contribution in [3.05, 3.63) is 200 Å². The van der Waals surface area contributed by atoms with E-state index < -0.39 is 0 Å². The van der Waals surface area contributed by atoms with Crippen LogP contribution in [0, 0.1) is 0 Å². The van der Waals surface area contributed by atoms with Gasteiger partial charge in [0.2, 0.25) is 0 Å². The van der Waals surface area contributed by atoms with Crippen molar-refractivity contribution in [1.82, 2.24) is 4.98 Å². The molecule has 0 aliphatic carbocycles. The number of pyridine rings is 1. The molecular formula is C51H43N. The first-order valence-electron chi connectivity index (χ1n) is 17.4. The highest BCUT2D eigenvalue weighted by Crippen LogP contribution is 2.45. The highest BCUT2D eigenvalue weighted by Gasteiger charge is 2.21. The zero-order valence-electron chi connectivity index (χ0n) is 30.1. The molecule has 0 spiro atoms. The highest BCUT2D eigenvalue weighted by atomic mass is 14.7. The van der Waals surface area contributed by atoms with Gasteiger partial charge in [-0.1, -0.05) is 179 Å². The first kappa shape index (κ1) is 35.3. The molecule has 52 heavy (non-hydrogen) atoms. The van der Waals surface area contributed by atoms with E-state index in [1.165, 1.54) is 0 Å². The van der Waals surface area contributed by atoms with Gasteiger partial charge in [0.25, 0.3) is 0 Å². The van der Waals surface area contributed by atoms with E-state index in [-0.39, 0.29) is 0 Å². The molecule has 1 heteroatoms. The Hall–Kier alpha value is -6.57. The number of benzene rings is 5. The van der Waals surface area contributed by atoms with Crippen molar-refractivity contribution in [2.75, 3.05) is 0 Å². The van der Waals surface area contributed by atoms with Gasteiger partial charge in [0.15, 0.2) is 0 Å². The first-order chi connectivity index (χ1) is 25.4. The van der Waals surface area contributed by atoms with Gasteiger partial charge in [-0.15, -0.1) is 0 Å². The van der Waals surface area contributed by atoms with Gasteiger partial charge in [-0.25, -0.2) is 0 Å². The summed E-state index contributed by atoms with van der Waals surface area (Å²) in [4.78, 5) is 4.85. The zero-order chi connectivity index (χ0) is 36.8. The van der Waals surface area contributed by atoms with Crippen LogP contribution in [0.5, 0.6) is 0 Å². The molecule has 6 aromatic rings. The molecule has 0 saturated carbocycles. The lowest BCUT2D eigenvalue weighted by atomic mass is 9.81. The van der Waals surface area contributed by atoms with E-state index in [4.69, 9.17) is 4.98 Å². The maximum Gasteiger partial charge on any atom is 0.0708 e. The van der Waals surface area contributed by atoms with Crippen molar-refractivity contribution in [1.29, 1.82) is 0 Å². The van der Waals surface area contributed by atoms with Crippen LogP contribution >= 0.6 is 0 Å². The molecule has 0 atom stereocenters. The van der Waals surface area contributed by atoms with Crippen LogP contribution < -0.4 is 0 Å². The van der Waals surface area contributed by atoms with E-state index in [0.717, 1.165) is 99.9 Å². The SMILES string of the molecule is C=Cc1cccc(-c2ccc(-c3ccc(-c4c(C=C)c(C=C)c(-c5cccc(C(=C)/C(C)=C/C=C\C)c5C=C)c5ccccc45)cc3)cn2)c1C=C. The van der Waals surface area contributed by atoms with Crippen molar-refractivity contribution in [2.24, 2.45) is 0 Å². The van der Waals surface area contributed by atoms with E-state index in [2.05, 4.69) is 137 Å². The third-order valence-electron chi connectivity index (χ3n) is 9.73. The maximum atomic E-state index is 4.85. The topological polar surface area (TPSA) is 12.9 Å². The highest BCUT2D eigenvalue weighted by molar-refractivity contribution is 6.13. The largest absolute Gasteiger partial charge is 0.256 e. The van der Waals surface area contributed by atoms with Crippen LogP contribution in [0.3, 0.4) is 0 Å². The predicted molar refractivity (Wildman–Crippen MR) is 232 cm³/mol. The van der Waals surface area contributed by atoms with Crippen LogP contribution in [0.25, 0.3) is 91.4 Å². The fourth-order valence-electron chi connectivity index (χ4n) is 7.09. The fourth-order valence-corrected chi connectivity index (χ4v) is 7.09. The fraction of sp³-hybridized carbons (Fsp3) is 0.0392. The Kier molecular flexibility index (Phi) is 10.5. The second-order valence-electron chi connectivity index (χ2n) is 12.6. The molecular weight excluding hydrogens is 627 g/mol. The molecule has 1 aromatic heterocycles. The molecule has 5 aromatic carbocycles. The van der Waals surface area contributed by atoms with Crippen LogP contribution in [0.2, 0.25) is 0 Å². The molecule has 0 aliphatic rings. The van der Waals surface area contributed by atoms with Crippen molar-refractivity contribution in [2.45, 2.75) is 13.8 Å². The lowest BCUT2D eigenvalue weighted by Crippen LogP contribution is -1.99. The first-order valence-corrected chi connectivity index (χ1v) is 17.4. The Morgan fingerprint density at radius 2 is 1.15 bits per heavy atom.